The first-order valence-corrected chi connectivity index (χ1v) is 7.80. The number of piperidine rings is 1. The molecule has 0 amide bonds. The number of rotatable bonds is 2. The number of benzene rings is 1. The molecular weight excluding hydrogens is 267 g/mol. The van der Waals surface area contributed by atoms with Crippen molar-refractivity contribution in [1.29, 1.82) is 0 Å². The average Bonchev–Trinajstić information content (AvgIpc) is 2.26. The Balaban J connectivity index is 2.36. The van der Waals surface area contributed by atoms with Crippen molar-refractivity contribution in [3.05, 3.63) is 24.0 Å². The van der Waals surface area contributed by atoms with Gasteiger partial charge in [0.05, 0.1) is 5.69 Å². The number of hydrogen-bond acceptors (Lipinski definition) is 3. The highest BCUT2D eigenvalue weighted by Crippen LogP contribution is 2.29. The van der Waals surface area contributed by atoms with Gasteiger partial charge in [0.25, 0.3) is 0 Å². The van der Waals surface area contributed by atoms with E-state index in [1.165, 1.54) is 10.4 Å². The van der Waals surface area contributed by atoms with Crippen LogP contribution in [-0.4, -0.2) is 25.8 Å². The fourth-order valence-corrected chi connectivity index (χ4v) is 4.47. The van der Waals surface area contributed by atoms with Crippen LogP contribution in [0.3, 0.4) is 0 Å². The van der Waals surface area contributed by atoms with Crippen LogP contribution in [-0.2, 0) is 10.0 Å². The molecule has 0 aliphatic carbocycles. The van der Waals surface area contributed by atoms with E-state index >= 15 is 0 Å². The Morgan fingerprint density at radius 2 is 1.84 bits per heavy atom. The van der Waals surface area contributed by atoms with Crippen molar-refractivity contribution in [2.75, 3.05) is 18.8 Å². The van der Waals surface area contributed by atoms with E-state index in [9.17, 15) is 12.8 Å². The first-order valence-electron chi connectivity index (χ1n) is 6.36. The Labute approximate surface area is 113 Å². The van der Waals surface area contributed by atoms with E-state index in [4.69, 9.17) is 5.73 Å². The summed E-state index contributed by atoms with van der Waals surface area (Å²) in [5.41, 5.74) is 5.60. The number of nitrogens with two attached hydrogens (primary N) is 1. The summed E-state index contributed by atoms with van der Waals surface area (Å²) in [5.74, 6) is 0.109. The summed E-state index contributed by atoms with van der Waals surface area (Å²) in [6.07, 6.45) is 1.02. The predicted molar refractivity (Wildman–Crippen MR) is 72.5 cm³/mol. The molecule has 19 heavy (non-hydrogen) atoms. The second kappa shape index (κ2) is 5.09. The monoisotopic (exact) mass is 286 g/mol. The van der Waals surface area contributed by atoms with Crippen LogP contribution in [0.5, 0.6) is 0 Å². The number of anilines is 1. The van der Waals surface area contributed by atoms with Gasteiger partial charge in [0.15, 0.2) is 0 Å². The van der Waals surface area contributed by atoms with Gasteiger partial charge in [-0.3, -0.25) is 0 Å². The standard InChI is InChI=1S/C13H19FN2O2S/c1-9-5-10(2)8-16(7-9)19(17,18)13-4-3-11(14)6-12(13)15/h3-4,6,9-10H,5,7-8,15H2,1-2H3. The smallest absolute Gasteiger partial charge is 0.245 e. The molecule has 6 heteroatoms. The van der Waals surface area contributed by atoms with Gasteiger partial charge < -0.3 is 5.73 Å². The third kappa shape index (κ3) is 2.90. The zero-order valence-electron chi connectivity index (χ0n) is 11.1. The van der Waals surface area contributed by atoms with Crippen LogP contribution >= 0.6 is 0 Å². The van der Waals surface area contributed by atoms with E-state index in [1.54, 1.807) is 0 Å². The van der Waals surface area contributed by atoms with Crippen molar-refractivity contribution in [1.82, 2.24) is 4.31 Å². The molecule has 2 atom stereocenters. The summed E-state index contributed by atoms with van der Waals surface area (Å²) < 4.78 is 39.5. The van der Waals surface area contributed by atoms with Crippen LogP contribution in [0.4, 0.5) is 10.1 Å². The molecule has 0 bridgehead atoms. The van der Waals surface area contributed by atoms with E-state index in [-0.39, 0.29) is 10.6 Å². The Kier molecular flexibility index (Phi) is 3.82. The molecule has 1 fully saturated rings. The summed E-state index contributed by atoms with van der Waals surface area (Å²) in [5, 5.41) is 0. The number of hydrogen-bond donors (Lipinski definition) is 1. The summed E-state index contributed by atoms with van der Waals surface area (Å²) in [6, 6.07) is 3.41. The minimum atomic E-state index is -3.63. The largest absolute Gasteiger partial charge is 0.398 e. The molecule has 1 aromatic rings. The summed E-state index contributed by atoms with van der Waals surface area (Å²) in [4.78, 5) is -0.00444. The molecule has 0 aromatic heterocycles. The maximum Gasteiger partial charge on any atom is 0.245 e. The maximum atomic E-state index is 13.0. The van der Waals surface area contributed by atoms with Crippen LogP contribution in [0.25, 0.3) is 0 Å². The lowest BCUT2D eigenvalue weighted by molar-refractivity contribution is 0.222. The van der Waals surface area contributed by atoms with Crippen LogP contribution < -0.4 is 5.73 Å². The molecular formula is C13H19FN2O2S. The Morgan fingerprint density at radius 1 is 1.26 bits per heavy atom. The summed E-state index contributed by atoms with van der Waals surface area (Å²) in [6.45, 7) is 5.05. The van der Waals surface area contributed by atoms with Crippen LogP contribution in [0.2, 0.25) is 0 Å². The molecule has 1 saturated heterocycles. The third-order valence-electron chi connectivity index (χ3n) is 3.43. The van der Waals surface area contributed by atoms with Crippen LogP contribution in [0.1, 0.15) is 20.3 Å². The second-order valence-corrected chi connectivity index (χ2v) is 7.36. The zero-order chi connectivity index (χ0) is 14.2. The summed E-state index contributed by atoms with van der Waals surface area (Å²) in [7, 11) is -3.63. The molecule has 1 aliphatic rings. The summed E-state index contributed by atoms with van der Waals surface area (Å²) >= 11 is 0. The number of nitrogens with zero attached hydrogens (tertiary/aromatic N) is 1. The molecule has 4 nitrogen and oxygen atoms in total. The fraction of sp³-hybridized carbons (Fsp3) is 0.538. The number of nitrogen functional groups attached to an aromatic ring is 1. The maximum absolute atomic E-state index is 13.0. The highest BCUT2D eigenvalue weighted by atomic mass is 32.2. The molecule has 0 radical (unpaired) electrons. The Hall–Kier alpha value is -1.14. The number of halogens is 1. The molecule has 0 spiro atoms. The van der Waals surface area contributed by atoms with E-state index in [2.05, 4.69) is 0 Å². The molecule has 1 aliphatic heterocycles. The molecule has 2 rings (SSSR count). The highest BCUT2D eigenvalue weighted by molar-refractivity contribution is 7.89. The SMILES string of the molecule is CC1CC(C)CN(S(=O)(=O)c2ccc(F)cc2N)C1. The van der Waals surface area contributed by atoms with E-state index < -0.39 is 15.8 Å². The normalized spacial score (nSPS) is 25.4. The van der Waals surface area contributed by atoms with E-state index in [0.29, 0.717) is 24.9 Å². The lowest BCUT2D eigenvalue weighted by Crippen LogP contribution is -2.42. The lowest BCUT2D eigenvalue weighted by atomic mass is 9.94. The van der Waals surface area contributed by atoms with Gasteiger partial charge in [0, 0.05) is 13.1 Å². The van der Waals surface area contributed by atoms with Crippen molar-refractivity contribution in [3.8, 4) is 0 Å². The molecule has 1 heterocycles. The van der Waals surface area contributed by atoms with Crippen molar-refractivity contribution >= 4 is 15.7 Å². The molecule has 1 aromatic carbocycles. The van der Waals surface area contributed by atoms with Gasteiger partial charge in [-0.15, -0.1) is 0 Å². The molecule has 2 N–H and O–H groups in total. The molecule has 0 saturated carbocycles. The quantitative estimate of drug-likeness (QED) is 0.847. The average molecular weight is 286 g/mol. The van der Waals surface area contributed by atoms with Gasteiger partial charge in [-0.05, 0) is 36.5 Å². The Morgan fingerprint density at radius 3 is 2.37 bits per heavy atom. The minimum Gasteiger partial charge on any atom is -0.398 e. The van der Waals surface area contributed by atoms with E-state index in [1.807, 2.05) is 13.8 Å². The van der Waals surface area contributed by atoms with E-state index in [0.717, 1.165) is 18.6 Å². The highest BCUT2D eigenvalue weighted by Gasteiger charge is 2.32. The van der Waals surface area contributed by atoms with Gasteiger partial charge >= 0.3 is 0 Å². The van der Waals surface area contributed by atoms with Crippen molar-refractivity contribution in [2.45, 2.75) is 25.2 Å². The topological polar surface area (TPSA) is 63.4 Å². The zero-order valence-corrected chi connectivity index (χ0v) is 12.0. The number of sulfonamides is 1. The molecule has 106 valence electrons. The van der Waals surface area contributed by atoms with Crippen molar-refractivity contribution in [3.63, 3.8) is 0 Å². The predicted octanol–water partition coefficient (Wildman–Crippen LogP) is 2.07. The van der Waals surface area contributed by atoms with Crippen LogP contribution in [0, 0.1) is 17.7 Å². The fourth-order valence-electron chi connectivity index (χ4n) is 2.70. The Bertz CT molecular complexity index is 564. The van der Waals surface area contributed by atoms with Gasteiger partial charge in [-0.25, -0.2) is 12.8 Å². The molecule has 2 unspecified atom stereocenters. The van der Waals surface area contributed by atoms with Gasteiger partial charge in [0.1, 0.15) is 10.7 Å². The van der Waals surface area contributed by atoms with Crippen molar-refractivity contribution < 1.29 is 12.8 Å². The van der Waals surface area contributed by atoms with Crippen LogP contribution in [0.15, 0.2) is 23.1 Å². The first-order chi connectivity index (χ1) is 8.80. The first kappa shape index (κ1) is 14.3. The lowest BCUT2D eigenvalue weighted by Gasteiger charge is -2.34. The van der Waals surface area contributed by atoms with Gasteiger partial charge in [0.2, 0.25) is 10.0 Å². The third-order valence-corrected chi connectivity index (χ3v) is 5.33. The second-order valence-electron chi connectivity index (χ2n) is 5.45. The minimum absolute atomic E-state index is 0.00444. The van der Waals surface area contributed by atoms with Gasteiger partial charge in [-0.1, -0.05) is 13.8 Å². The van der Waals surface area contributed by atoms with Gasteiger partial charge in [-0.2, -0.15) is 4.31 Å². The van der Waals surface area contributed by atoms with Crippen molar-refractivity contribution in [2.24, 2.45) is 11.8 Å².